The second-order valence-corrected chi connectivity index (χ2v) is 11.7. The van der Waals surface area contributed by atoms with Gasteiger partial charge in [0.15, 0.2) is 16.7 Å². The van der Waals surface area contributed by atoms with Crippen molar-refractivity contribution < 1.29 is 14.3 Å². The first-order valence-electron chi connectivity index (χ1n) is 13.1. The molecule has 0 unspecified atom stereocenters. The molecular weight excluding hydrogens is 655 g/mol. The van der Waals surface area contributed by atoms with Crippen molar-refractivity contribution in [1.29, 1.82) is 0 Å². The normalized spacial score (nSPS) is 15.4. The first kappa shape index (κ1) is 28.5. The fourth-order valence-corrected chi connectivity index (χ4v) is 6.36. The average molecular weight is 683 g/mol. The van der Waals surface area contributed by atoms with Crippen molar-refractivity contribution in [3.05, 3.63) is 103 Å². The third-order valence-electron chi connectivity index (χ3n) is 6.27. The molecular formula is C32H28ClIN2O3S. The summed E-state index contributed by atoms with van der Waals surface area (Å²) < 4.78 is 13.2. The lowest BCUT2D eigenvalue weighted by atomic mass is 10.1. The van der Waals surface area contributed by atoms with Crippen LogP contribution in [0, 0.1) is 3.57 Å². The summed E-state index contributed by atoms with van der Waals surface area (Å²) in [6.45, 7) is 5.51. The maximum Gasteiger partial charge on any atom is 0.266 e. The number of carbonyl (C=O) groups is 1. The highest BCUT2D eigenvalue weighted by Gasteiger charge is 2.33. The SMILES string of the molecule is CCCN1C(=O)/C(=C/c2cc(I)c(OCc3cccc4ccccc34)c(OCC)c2)SC1=Nc1ccc(Cl)cc1. The van der Waals surface area contributed by atoms with Crippen LogP contribution < -0.4 is 9.47 Å². The van der Waals surface area contributed by atoms with Gasteiger partial charge >= 0.3 is 0 Å². The van der Waals surface area contributed by atoms with E-state index in [1.54, 1.807) is 17.0 Å². The van der Waals surface area contributed by atoms with Crippen LogP contribution in [0.4, 0.5) is 5.69 Å². The molecule has 0 spiro atoms. The lowest BCUT2D eigenvalue weighted by Gasteiger charge is -2.16. The van der Waals surface area contributed by atoms with Gasteiger partial charge in [0.25, 0.3) is 5.91 Å². The van der Waals surface area contributed by atoms with E-state index in [-0.39, 0.29) is 5.91 Å². The third-order valence-corrected chi connectivity index (χ3v) is 8.33. The van der Waals surface area contributed by atoms with Crippen LogP contribution in [0.15, 0.2) is 88.8 Å². The number of hydrogen-bond acceptors (Lipinski definition) is 5. The predicted molar refractivity (Wildman–Crippen MR) is 175 cm³/mol. The minimum absolute atomic E-state index is 0.0520. The predicted octanol–water partition coefficient (Wildman–Crippen LogP) is 9.09. The number of fused-ring (bicyclic) bond motifs is 1. The van der Waals surface area contributed by atoms with Gasteiger partial charge in [0.2, 0.25) is 0 Å². The summed E-state index contributed by atoms with van der Waals surface area (Å²) in [5, 5.41) is 3.66. The van der Waals surface area contributed by atoms with E-state index in [0.29, 0.717) is 46.4 Å². The Morgan fingerprint density at radius 3 is 2.55 bits per heavy atom. The zero-order chi connectivity index (χ0) is 28.1. The molecule has 204 valence electrons. The first-order chi connectivity index (χ1) is 19.5. The number of hydrogen-bond donors (Lipinski definition) is 0. The zero-order valence-electron chi connectivity index (χ0n) is 22.2. The maximum atomic E-state index is 13.4. The van der Waals surface area contributed by atoms with Crippen LogP contribution in [-0.2, 0) is 11.4 Å². The second kappa shape index (κ2) is 13.1. The van der Waals surface area contributed by atoms with E-state index in [9.17, 15) is 4.79 Å². The molecule has 0 N–H and O–H groups in total. The number of rotatable bonds is 9. The maximum absolute atomic E-state index is 13.4. The van der Waals surface area contributed by atoms with Crippen LogP contribution in [0.3, 0.4) is 0 Å². The van der Waals surface area contributed by atoms with E-state index in [2.05, 4.69) is 46.9 Å². The van der Waals surface area contributed by atoms with Gasteiger partial charge in [-0.25, -0.2) is 4.99 Å². The topological polar surface area (TPSA) is 51.1 Å². The number of amidine groups is 1. The fourth-order valence-electron chi connectivity index (χ4n) is 4.43. The van der Waals surface area contributed by atoms with Crippen LogP contribution in [0.25, 0.3) is 16.8 Å². The van der Waals surface area contributed by atoms with Gasteiger partial charge in [0, 0.05) is 11.6 Å². The molecule has 1 aliphatic rings. The molecule has 1 aliphatic heterocycles. The number of ether oxygens (including phenoxy) is 2. The number of benzene rings is 4. The molecule has 1 fully saturated rings. The Bertz CT molecular complexity index is 1600. The van der Waals surface area contributed by atoms with E-state index in [0.717, 1.165) is 26.8 Å². The molecule has 0 radical (unpaired) electrons. The molecule has 5 rings (SSSR count). The van der Waals surface area contributed by atoms with Crippen molar-refractivity contribution in [2.24, 2.45) is 4.99 Å². The van der Waals surface area contributed by atoms with Crippen molar-refractivity contribution in [3.8, 4) is 11.5 Å². The first-order valence-corrected chi connectivity index (χ1v) is 15.4. The van der Waals surface area contributed by atoms with Gasteiger partial charge in [-0.3, -0.25) is 9.69 Å². The van der Waals surface area contributed by atoms with Gasteiger partial charge in [-0.05, 0) is 112 Å². The Labute approximate surface area is 257 Å². The van der Waals surface area contributed by atoms with Crippen molar-refractivity contribution in [2.75, 3.05) is 13.2 Å². The second-order valence-electron chi connectivity index (χ2n) is 9.13. The molecule has 0 bridgehead atoms. The number of nitrogens with zero attached hydrogens (tertiary/aromatic N) is 2. The summed E-state index contributed by atoms with van der Waals surface area (Å²) in [7, 11) is 0. The number of amides is 1. The highest BCUT2D eigenvalue weighted by molar-refractivity contribution is 14.1. The summed E-state index contributed by atoms with van der Waals surface area (Å²) in [5.74, 6) is 1.29. The number of thioether (sulfide) groups is 1. The lowest BCUT2D eigenvalue weighted by Crippen LogP contribution is -2.29. The number of carbonyl (C=O) groups excluding carboxylic acids is 1. The molecule has 0 aromatic heterocycles. The van der Waals surface area contributed by atoms with Crippen molar-refractivity contribution >= 4 is 79.6 Å². The minimum atomic E-state index is -0.0520. The van der Waals surface area contributed by atoms with Gasteiger partial charge in [-0.15, -0.1) is 0 Å². The lowest BCUT2D eigenvalue weighted by molar-refractivity contribution is -0.122. The highest BCUT2D eigenvalue weighted by Crippen LogP contribution is 2.39. The highest BCUT2D eigenvalue weighted by atomic mass is 127. The molecule has 5 nitrogen and oxygen atoms in total. The Kier molecular flexibility index (Phi) is 9.34. The van der Waals surface area contributed by atoms with Gasteiger partial charge < -0.3 is 9.47 Å². The van der Waals surface area contributed by atoms with Gasteiger partial charge in [-0.2, -0.15) is 0 Å². The Morgan fingerprint density at radius 2 is 1.77 bits per heavy atom. The Balaban J connectivity index is 1.43. The number of halogens is 2. The summed E-state index contributed by atoms with van der Waals surface area (Å²) in [5.41, 5.74) is 2.73. The summed E-state index contributed by atoms with van der Waals surface area (Å²) in [4.78, 5) is 20.4. The van der Waals surface area contributed by atoms with Gasteiger partial charge in [0.1, 0.15) is 6.61 Å². The van der Waals surface area contributed by atoms with Crippen LogP contribution >= 0.6 is 46.0 Å². The van der Waals surface area contributed by atoms with Crippen LogP contribution in [0.2, 0.25) is 5.02 Å². The van der Waals surface area contributed by atoms with E-state index >= 15 is 0 Å². The summed E-state index contributed by atoms with van der Waals surface area (Å²) in [6, 6.07) is 25.8. The molecule has 0 aliphatic carbocycles. The van der Waals surface area contributed by atoms with Gasteiger partial charge in [-0.1, -0.05) is 61.0 Å². The molecule has 4 aromatic rings. The average Bonchev–Trinajstić information content (AvgIpc) is 3.23. The Morgan fingerprint density at radius 1 is 1.00 bits per heavy atom. The molecule has 1 saturated heterocycles. The monoisotopic (exact) mass is 682 g/mol. The fraction of sp³-hybridized carbons (Fsp3) is 0.188. The Hall–Kier alpha value is -3.01. The molecule has 40 heavy (non-hydrogen) atoms. The molecule has 4 aromatic carbocycles. The summed E-state index contributed by atoms with van der Waals surface area (Å²) >= 11 is 9.68. The molecule has 1 heterocycles. The van der Waals surface area contributed by atoms with Crippen LogP contribution in [0.1, 0.15) is 31.4 Å². The molecule has 0 atom stereocenters. The van der Waals surface area contributed by atoms with Crippen molar-refractivity contribution in [1.82, 2.24) is 4.90 Å². The zero-order valence-corrected chi connectivity index (χ0v) is 25.9. The van der Waals surface area contributed by atoms with Crippen molar-refractivity contribution in [2.45, 2.75) is 26.9 Å². The smallest absolute Gasteiger partial charge is 0.266 e. The standard InChI is InChI=1S/C32H28ClIN2O3S/c1-3-16-36-31(37)29(40-32(36)35-25-14-12-24(33)13-15-25)19-21-17-27(34)30(28(18-21)38-4-2)39-20-23-10-7-9-22-8-5-6-11-26(22)23/h5-15,17-19H,3-4,16,20H2,1-2H3/b29-19-,35-32?. The van der Waals surface area contributed by atoms with E-state index in [1.165, 1.54) is 22.5 Å². The molecule has 1 amide bonds. The van der Waals surface area contributed by atoms with Crippen LogP contribution in [0.5, 0.6) is 11.5 Å². The number of aliphatic imine (C=N–C) groups is 1. The third kappa shape index (κ3) is 6.48. The van der Waals surface area contributed by atoms with Crippen molar-refractivity contribution in [3.63, 3.8) is 0 Å². The molecule has 0 saturated carbocycles. The van der Waals surface area contributed by atoms with E-state index < -0.39 is 0 Å². The van der Waals surface area contributed by atoms with E-state index in [4.69, 9.17) is 26.1 Å². The van der Waals surface area contributed by atoms with E-state index in [1.807, 2.05) is 62.4 Å². The quantitative estimate of drug-likeness (QED) is 0.131. The van der Waals surface area contributed by atoms with Crippen LogP contribution in [-0.4, -0.2) is 29.1 Å². The summed E-state index contributed by atoms with van der Waals surface area (Å²) in [6.07, 6.45) is 2.73. The van der Waals surface area contributed by atoms with Gasteiger partial charge in [0.05, 0.1) is 20.8 Å². The largest absolute Gasteiger partial charge is 0.490 e. The molecule has 8 heteroatoms. The minimum Gasteiger partial charge on any atom is -0.490 e.